The first-order valence-corrected chi connectivity index (χ1v) is 8.72. The van der Waals surface area contributed by atoms with Crippen molar-refractivity contribution in [2.24, 2.45) is 17.6 Å². The van der Waals surface area contributed by atoms with Crippen LogP contribution in [0.25, 0.3) is 0 Å². The number of nitrogens with two attached hydrogens (primary N) is 1. The summed E-state index contributed by atoms with van der Waals surface area (Å²) in [7, 11) is -2.80. The van der Waals surface area contributed by atoms with Gasteiger partial charge in [-0.05, 0) is 57.9 Å². The number of hydrogen-bond donors (Lipinski definition) is 1. The Morgan fingerprint density at radius 1 is 1.39 bits per heavy atom. The monoisotopic (exact) mass is 275 g/mol. The lowest BCUT2D eigenvalue weighted by molar-refractivity contribution is -0.0268. The maximum Gasteiger partial charge on any atom is 0.150 e. The van der Waals surface area contributed by atoms with Crippen molar-refractivity contribution >= 4 is 9.84 Å². The van der Waals surface area contributed by atoms with Crippen LogP contribution in [0, 0.1) is 11.8 Å². The third-order valence-electron chi connectivity index (χ3n) is 4.36. The molecule has 0 amide bonds. The van der Waals surface area contributed by atoms with Gasteiger partial charge in [0.25, 0.3) is 0 Å². The van der Waals surface area contributed by atoms with Crippen molar-refractivity contribution in [3.63, 3.8) is 0 Å². The van der Waals surface area contributed by atoms with E-state index >= 15 is 0 Å². The first-order valence-electron chi connectivity index (χ1n) is 6.90. The first-order chi connectivity index (χ1) is 8.31. The fraction of sp³-hybridized carbons (Fsp3) is 1.00. The molecule has 2 N–H and O–H groups in total. The molecule has 0 saturated carbocycles. The predicted molar refractivity (Wildman–Crippen MR) is 72.1 cm³/mol. The second-order valence-electron chi connectivity index (χ2n) is 6.43. The first kappa shape index (κ1) is 14.3. The Morgan fingerprint density at radius 2 is 2.11 bits per heavy atom. The number of hydrogen-bond acceptors (Lipinski definition) is 4. The van der Waals surface area contributed by atoms with E-state index in [2.05, 4.69) is 13.8 Å². The Hall–Kier alpha value is -0.130. The summed E-state index contributed by atoms with van der Waals surface area (Å²) >= 11 is 0. The summed E-state index contributed by atoms with van der Waals surface area (Å²) in [6.07, 6.45) is 4.11. The van der Waals surface area contributed by atoms with Gasteiger partial charge in [0, 0.05) is 0 Å². The highest BCUT2D eigenvalue weighted by Crippen LogP contribution is 2.36. The molecular weight excluding hydrogens is 250 g/mol. The van der Waals surface area contributed by atoms with Crippen molar-refractivity contribution < 1.29 is 13.2 Å². The zero-order chi connectivity index (χ0) is 13.4. The topological polar surface area (TPSA) is 69.4 Å². The molecule has 2 aliphatic rings. The molecule has 18 heavy (non-hydrogen) atoms. The van der Waals surface area contributed by atoms with Crippen molar-refractivity contribution in [3.05, 3.63) is 0 Å². The quantitative estimate of drug-likeness (QED) is 0.840. The SMILES string of the molecule is CC1(C)CCC(CC(CN)C2CCS(=O)(=O)C2)O1. The number of ether oxygens (including phenoxy) is 1. The van der Waals surface area contributed by atoms with Gasteiger partial charge >= 0.3 is 0 Å². The molecule has 2 saturated heterocycles. The van der Waals surface area contributed by atoms with Gasteiger partial charge in [-0.15, -0.1) is 0 Å². The normalized spacial score (nSPS) is 35.7. The van der Waals surface area contributed by atoms with Gasteiger partial charge in [0.2, 0.25) is 0 Å². The lowest BCUT2D eigenvalue weighted by Gasteiger charge is -2.25. The van der Waals surface area contributed by atoms with Crippen molar-refractivity contribution in [1.82, 2.24) is 0 Å². The van der Waals surface area contributed by atoms with E-state index < -0.39 is 9.84 Å². The van der Waals surface area contributed by atoms with Crippen LogP contribution in [0.15, 0.2) is 0 Å². The highest BCUT2D eigenvalue weighted by atomic mass is 32.2. The molecule has 0 radical (unpaired) electrons. The Kier molecular flexibility index (Phi) is 4.04. The summed E-state index contributed by atoms with van der Waals surface area (Å²) in [6.45, 7) is 4.80. The van der Waals surface area contributed by atoms with Crippen molar-refractivity contribution in [3.8, 4) is 0 Å². The zero-order valence-electron chi connectivity index (χ0n) is 11.4. The molecule has 2 fully saturated rings. The van der Waals surface area contributed by atoms with Crippen molar-refractivity contribution in [2.75, 3.05) is 18.1 Å². The van der Waals surface area contributed by atoms with E-state index in [4.69, 9.17) is 10.5 Å². The maximum atomic E-state index is 11.5. The van der Waals surface area contributed by atoms with Crippen molar-refractivity contribution in [2.45, 2.75) is 51.2 Å². The molecule has 0 aromatic carbocycles. The standard InChI is InChI=1S/C13H25NO3S/c1-13(2)5-3-12(17-13)7-11(8-14)10-4-6-18(15,16)9-10/h10-12H,3-9,14H2,1-2H3. The average Bonchev–Trinajstić information content (AvgIpc) is 2.78. The summed E-state index contributed by atoms with van der Waals surface area (Å²) in [5.41, 5.74) is 5.81. The van der Waals surface area contributed by atoms with E-state index in [1.807, 2.05) is 0 Å². The molecule has 2 rings (SSSR count). The molecule has 0 aliphatic carbocycles. The Balaban J connectivity index is 1.91. The fourth-order valence-corrected chi connectivity index (χ4v) is 5.18. The molecule has 0 bridgehead atoms. The van der Waals surface area contributed by atoms with E-state index in [9.17, 15) is 8.42 Å². The summed E-state index contributed by atoms with van der Waals surface area (Å²) in [5, 5.41) is 0. The summed E-state index contributed by atoms with van der Waals surface area (Å²) < 4.78 is 29.0. The minimum atomic E-state index is -2.80. The van der Waals surface area contributed by atoms with E-state index in [-0.39, 0.29) is 17.6 Å². The number of rotatable bonds is 4. The Bertz CT molecular complexity index is 391. The molecule has 3 unspecified atom stereocenters. The van der Waals surface area contributed by atoms with E-state index in [0.29, 0.717) is 24.0 Å². The van der Waals surface area contributed by atoms with Crippen LogP contribution in [0.3, 0.4) is 0 Å². The van der Waals surface area contributed by atoms with Crippen LogP contribution < -0.4 is 5.73 Å². The van der Waals surface area contributed by atoms with Gasteiger partial charge in [-0.2, -0.15) is 0 Å². The maximum absolute atomic E-state index is 11.5. The molecule has 0 aromatic heterocycles. The molecule has 4 nitrogen and oxygen atoms in total. The second-order valence-corrected chi connectivity index (χ2v) is 8.66. The van der Waals surface area contributed by atoms with Gasteiger partial charge in [-0.25, -0.2) is 8.42 Å². The van der Waals surface area contributed by atoms with Gasteiger partial charge < -0.3 is 10.5 Å². The fourth-order valence-electron chi connectivity index (χ4n) is 3.26. The van der Waals surface area contributed by atoms with Crippen LogP contribution in [0.1, 0.15) is 39.5 Å². The van der Waals surface area contributed by atoms with Gasteiger partial charge in [-0.1, -0.05) is 0 Å². The van der Waals surface area contributed by atoms with E-state index in [0.717, 1.165) is 25.7 Å². The minimum absolute atomic E-state index is 0.0223. The van der Waals surface area contributed by atoms with E-state index in [1.54, 1.807) is 0 Å². The second kappa shape index (κ2) is 5.10. The molecule has 0 spiro atoms. The van der Waals surface area contributed by atoms with Crippen LogP contribution in [-0.4, -0.2) is 38.2 Å². The van der Waals surface area contributed by atoms with Crippen LogP contribution >= 0.6 is 0 Å². The summed E-state index contributed by atoms with van der Waals surface area (Å²) in [6, 6.07) is 0. The lowest BCUT2D eigenvalue weighted by Crippen LogP contribution is -2.29. The van der Waals surface area contributed by atoms with Gasteiger partial charge in [-0.3, -0.25) is 0 Å². The highest BCUT2D eigenvalue weighted by Gasteiger charge is 2.37. The molecule has 5 heteroatoms. The Morgan fingerprint density at radius 3 is 2.56 bits per heavy atom. The third-order valence-corrected chi connectivity index (χ3v) is 6.15. The largest absolute Gasteiger partial charge is 0.372 e. The van der Waals surface area contributed by atoms with E-state index in [1.165, 1.54) is 0 Å². The minimum Gasteiger partial charge on any atom is -0.372 e. The average molecular weight is 275 g/mol. The summed E-state index contributed by atoms with van der Waals surface area (Å²) in [5.74, 6) is 1.20. The molecule has 106 valence electrons. The highest BCUT2D eigenvalue weighted by molar-refractivity contribution is 7.91. The smallest absolute Gasteiger partial charge is 0.150 e. The van der Waals surface area contributed by atoms with Crippen LogP contribution in [0.2, 0.25) is 0 Å². The van der Waals surface area contributed by atoms with Gasteiger partial charge in [0.15, 0.2) is 9.84 Å². The van der Waals surface area contributed by atoms with Crippen molar-refractivity contribution in [1.29, 1.82) is 0 Å². The molecule has 2 aliphatic heterocycles. The molecular formula is C13H25NO3S. The molecule has 2 heterocycles. The molecule has 3 atom stereocenters. The summed E-state index contributed by atoms with van der Waals surface area (Å²) in [4.78, 5) is 0. The molecule has 0 aromatic rings. The van der Waals surface area contributed by atoms with Crippen LogP contribution in [-0.2, 0) is 14.6 Å². The van der Waals surface area contributed by atoms with Crippen LogP contribution in [0.5, 0.6) is 0 Å². The number of sulfone groups is 1. The predicted octanol–water partition coefficient (Wildman–Crippen LogP) is 1.34. The third kappa shape index (κ3) is 3.45. The zero-order valence-corrected chi connectivity index (χ0v) is 12.2. The lowest BCUT2D eigenvalue weighted by atomic mass is 9.86. The van der Waals surface area contributed by atoms with Gasteiger partial charge in [0.1, 0.15) is 0 Å². The van der Waals surface area contributed by atoms with Crippen LogP contribution in [0.4, 0.5) is 0 Å². The Labute approximate surface area is 110 Å². The van der Waals surface area contributed by atoms with Gasteiger partial charge in [0.05, 0.1) is 23.2 Å².